The van der Waals surface area contributed by atoms with Crippen LogP contribution in [0, 0.1) is 5.92 Å². The van der Waals surface area contributed by atoms with Crippen LogP contribution in [0.1, 0.15) is 38.5 Å². The predicted molar refractivity (Wildman–Crippen MR) is 99.1 cm³/mol. The van der Waals surface area contributed by atoms with E-state index < -0.39 is 22.0 Å². The molecule has 6 nitrogen and oxygen atoms in total. The van der Waals surface area contributed by atoms with Crippen molar-refractivity contribution in [2.45, 2.75) is 49.5 Å². The zero-order valence-electron chi connectivity index (χ0n) is 14.8. The number of sulfonamides is 1. The lowest BCUT2D eigenvalue weighted by Crippen LogP contribution is -2.43. The van der Waals surface area contributed by atoms with E-state index in [9.17, 15) is 13.2 Å². The average Bonchev–Trinajstić information content (AvgIpc) is 2.67. The Balaban J connectivity index is 1.87. The number of methoxy groups -OCH3 is 1. The van der Waals surface area contributed by atoms with E-state index in [4.69, 9.17) is 4.74 Å². The summed E-state index contributed by atoms with van der Waals surface area (Å²) in [6.07, 6.45) is 7.51. The summed E-state index contributed by atoms with van der Waals surface area (Å²) in [7, 11) is -2.62. The third-order valence-corrected chi connectivity index (χ3v) is 6.47. The van der Waals surface area contributed by atoms with Crippen LogP contribution in [-0.4, -0.2) is 32.5 Å². The number of hydrogen-bond acceptors (Lipinski definition) is 5. The highest BCUT2D eigenvalue weighted by molar-refractivity contribution is 7.89. The number of para-hydroxylation sites is 1. The van der Waals surface area contributed by atoms with Gasteiger partial charge in [0.25, 0.3) is 0 Å². The first-order valence-electron chi connectivity index (χ1n) is 8.95. The van der Waals surface area contributed by atoms with Crippen LogP contribution in [0.4, 0.5) is 0 Å². The number of carbonyl (C=O) groups excluding carboxylic acids is 1. The summed E-state index contributed by atoms with van der Waals surface area (Å²) in [5.74, 6) is -0.214. The Kier molecular flexibility index (Phi) is 5.88. The molecule has 1 heterocycles. The molecule has 0 saturated heterocycles. The Morgan fingerprint density at radius 2 is 1.96 bits per heavy atom. The SMILES string of the molecule is COC(=O)[C@H](CC1CCCCC1)NS(=O)(=O)c1cccc2cccnc12. The van der Waals surface area contributed by atoms with Gasteiger partial charge in [-0.15, -0.1) is 0 Å². The second kappa shape index (κ2) is 8.14. The molecule has 0 aliphatic heterocycles. The molecule has 1 saturated carbocycles. The van der Waals surface area contributed by atoms with Crippen LogP contribution in [0.2, 0.25) is 0 Å². The normalized spacial score (nSPS) is 17.1. The standard InChI is InChI=1S/C19H24N2O4S/c1-25-19(22)16(13-14-7-3-2-4-8-14)21-26(23,24)17-11-5-9-15-10-6-12-20-18(15)17/h5-6,9-12,14,16,21H,2-4,7-8,13H2,1H3/t16-/m0/s1. The fourth-order valence-electron chi connectivity index (χ4n) is 3.63. The van der Waals surface area contributed by atoms with E-state index in [1.165, 1.54) is 19.6 Å². The van der Waals surface area contributed by atoms with Crippen LogP contribution in [-0.2, 0) is 19.6 Å². The van der Waals surface area contributed by atoms with Gasteiger partial charge in [0.2, 0.25) is 10.0 Å². The predicted octanol–water partition coefficient (Wildman–Crippen LogP) is 3.03. The maximum atomic E-state index is 13.0. The zero-order chi connectivity index (χ0) is 18.6. The Morgan fingerprint density at radius 3 is 2.69 bits per heavy atom. The minimum Gasteiger partial charge on any atom is -0.468 e. The van der Waals surface area contributed by atoms with E-state index >= 15 is 0 Å². The van der Waals surface area contributed by atoms with Crippen LogP contribution >= 0.6 is 0 Å². The number of pyridine rings is 1. The van der Waals surface area contributed by atoms with Crippen molar-refractivity contribution in [2.75, 3.05) is 7.11 Å². The molecule has 0 unspecified atom stereocenters. The number of aromatic nitrogens is 1. The number of hydrogen-bond donors (Lipinski definition) is 1. The summed E-state index contributed by atoms with van der Waals surface area (Å²) in [5, 5.41) is 0.734. The van der Waals surface area contributed by atoms with Crippen molar-refractivity contribution in [3.8, 4) is 0 Å². The summed E-state index contributed by atoms with van der Waals surface area (Å²) in [4.78, 5) is 16.5. The van der Waals surface area contributed by atoms with Crippen LogP contribution < -0.4 is 4.72 Å². The highest BCUT2D eigenvalue weighted by Gasteiger charge is 2.30. The van der Waals surface area contributed by atoms with Gasteiger partial charge in [-0.3, -0.25) is 9.78 Å². The van der Waals surface area contributed by atoms with Gasteiger partial charge in [-0.05, 0) is 24.5 Å². The molecule has 1 aliphatic carbocycles. The monoisotopic (exact) mass is 376 g/mol. The number of nitrogens with one attached hydrogen (secondary N) is 1. The van der Waals surface area contributed by atoms with E-state index in [2.05, 4.69) is 9.71 Å². The quantitative estimate of drug-likeness (QED) is 0.783. The van der Waals surface area contributed by atoms with E-state index in [1.807, 2.05) is 0 Å². The Morgan fingerprint density at radius 1 is 1.23 bits per heavy atom. The Labute approximate surface area is 154 Å². The lowest BCUT2D eigenvalue weighted by Gasteiger charge is -2.25. The second-order valence-electron chi connectivity index (χ2n) is 6.77. The fourth-order valence-corrected chi connectivity index (χ4v) is 5.01. The van der Waals surface area contributed by atoms with Crippen LogP contribution in [0.3, 0.4) is 0 Å². The molecule has 3 rings (SSSR count). The highest BCUT2D eigenvalue weighted by Crippen LogP contribution is 2.28. The van der Waals surface area contributed by atoms with E-state index in [0.717, 1.165) is 31.1 Å². The third-order valence-electron chi connectivity index (χ3n) is 4.96. The molecule has 1 aromatic carbocycles. The summed E-state index contributed by atoms with van der Waals surface area (Å²) >= 11 is 0. The van der Waals surface area contributed by atoms with Gasteiger partial charge in [-0.25, -0.2) is 8.42 Å². The molecule has 7 heteroatoms. The fraction of sp³-hybridized carbons (Fsp3) is 0.474. The molecule has 1 aromatic heterocycles. The lowest BCUT2D eigenvalue weighted by atomic mass is 9.85. The van der Waals surface area contributed by atoms with Crippen molar-refractivity contribution in [3.05, 3.63) is 36.5 Å². The number of fused-ring (bicyclic) bond motifs is 1. The van der Waals surface area contributed by atoms with Crippen LogP contribution in [0.5, 0.6) is 0 Å². The van der Waals surface area contributed by atoms with Crippen molar-refractivity contribution in [2.24, 2.45) is 5.92 Å². The number of benzene rings is 1. The van der Waals surface area contributed by atoms with Crippen molar-refractivity contribution in [1.29, 1.82) is 0 Å². The maximum Gasteiger partial charge on any atom is 0.323 e. The second-order valence-corrected chi connectivity index (χ2v) is 8.45. The first kappa shape index (κ1) is 18.8. The van der Waals surface area contributed by atoms with E-state index in [0.29, 0.717) is 17.9 Å². The van der Waals surface area contributed by atoms with E-state index in [-0.39, 0.29) is 4.90 Å². The van der Waals surface area contributed by atoms with Gasteiger partial charge in [0.1, 0.15) is 10.9 Å². The van der Waals surface area contributed by atoms with Gasteiger partial charge in [0, 0.05) is 11.6 Å². The summed E-state index contributed by atoms with van der Waals surface area (Å²) in [6.45, 7) is 0. The zero-order valence-corrected chi connectivity index (χ0v) is 15.7. The number of carbonyl (C=O) groups is 1. The van der Waals surface area contributed by atoms with Gasteiger partial charge >= 0.3 is 5.97 Å². The molecular formula is C19H24N2O4S. The molecule has 0 bridgehead atoms. The minimum atomic E-state index is -3.91. The van der Waals surface area contributed by atoms with E-state index in [1.54, 1.807) is 30.5 Å². The van der Waals surface area contributed by atoms with Crippen molar-refractivity contribution >= 4 is 26.9 Å². The molecule has 140 valence electrons. The van der Waals surface area contributed by atoms with Crippen molar-refractivity contribution < 1.29 is 17.9 Å². The summed E-state index contributed by atoms with van der Waals surface area (Å²) in [5.41, 5.74) is 0.392. The van der Waals surface area contributed by atoms with Gasteiger partial charge < -0.3 is 4.74 Å². The summed E-state index contributed by atoms with van der Waals surface area (Å²) in [6, 6.07) is 7.67. The Hall–Kier alpha value is -1.99. The smallest absolute Gasteiger partial charge is 0.323 e. The molecule has 26 heavy (non-hydrogen) atoms. The van der Waals surface area contributed by atoms with Crippen molar-refractivity contribution in [1.82, 2.24) is 9.71 Å². The molecule has 0 spiro atoms. The highest BCUT2D eigenvalue weighted by atomic mass is 32.2. The molecule has 1 atom stereocenters. The molecule has 0 radical (unpaired) electrons. The first-order chi connectivity index (χ1) is 12.5. The van der Waals surface area contributed by atoms with Crippen molar-refractivity contribution in [3.63, 3.8) is 0 Å². The van der Waals surface area contributed by atoms with Gasteiger partial charge in [0.15, 0.2) is 0 Å². The molecule has 1 fully saturated rings. The number of rotatable bonds is 6. The number of ether oxygens (including phenoxy) is 1. The molecular weight excluding hydrogens is 352 g/mol. The maximum absolute atomic E-state index is 13.0. The number of esters is 1. The molecule has 1 N–H and O–H groups in total. The average molecular weight is 376 g/mol. The largest absolute Gasteiger partial charge is 0.468 e. The van der Waals surface area contributed by atoms with Gasteiger partial charge in [-0.1, -0.05) is 50.3 Å². The van der Waals surface area contributed by atoms with Crippen LogP contribution in [0.15, 0.2) is 41.4 Å². The van der Waals surface area contributed by atoms with Gasteiger partial charge in [-0.2, -0.15) is 4.72 Å². The molecule has 2 aromatic rings. The van der Waals surface area contributed by atoms with Gasteiger partial charge in [0.05, 0.1) is 12.6 Å². The number of nitrogens with zero attached hydrogens (tertiary/aromatic N) is 1. The van der Waals surface area contributed by atoms with Crippen LogP contribution in [0.25, 0.3) is 10.9 Å². The Bertz CT molecular complexity index is 871. The summed E-state index contributed by atoms with van der Waals surface area (Å²) < 4.78 is 33.3. The minimum absolute atomic E-state index is 0.0770. The molecule has 0 amide bonds. The third kappa shape index (κ3) is 4.22. The topological polar surface area (TPSA) is 85.4 Å². The first-order valence-corrected chi connectivity index (χ1v) is 10.4. The lowest BCUT2D eigenvalue weighted by molar-refractivity contribution is -0.143. The molecule has 1 aliphatic rings.